The summed E-state index contributed by atoms with van der Waals surface area (Å²) >= 11 is 6.00. The smallest absolute Gasteiger partial charge is 0.246 e. The molecule has 4 nitrogen and oxygen atoms in total. The molecule has 1 aliphatic rings. The van der Waals surface area contributed by atoms with E-state index in [1.165, 1.54) is 11.0 Å². The molecule has 1 fully saturated rings. The highest BCUT2D eigenvalue weighted by Crippen LogP contribution is 2.18. The van der Waals surface area contributed by atoms with Crippen LogP contribution in [0.1, 0.15) is 11.1 Å². The minimum atomic E-state index is -0.855. The van der Waals surface area contributed by atoms with Crippen LogP contribution in [0.15, 0.2) is 24.3 Å². The minimum absolute atomic E-state index is 0.166. The second kappa shape index (κ2) is 5.74. The van der Waals surface area contributed by atoms with Gasteiger partial charge in [-0.05, 0) is 30.2 Å². The van der Waals surface area contributed by atoms with Crippen molar-refractivity contribution >= 4 is 23.6 Å². The number of benzene rings is 1. The lowest BCUT2D eigenvalue weighted by Crippen LogP contribution is -2.27. The maximum atomic E-state index is 11.8. The van der Waals surface area contributed by atoms with Crippen LogP contribution in [-0.4, -0.2) is 46.3 Å². The summed E-state index contributed by atoms with van der Waals surface area (Å²) < 4.78 is 0. The van der Waals surface area contributed by atoms with Crippen molar-refractivity contribution in [3.63, 3.8) is 0 Å². The maximum absolute atomic E-state index is 11.8. The molecule has 1 amide bonds. The van der Waals surface area contributed by atoms with Crippen LogP contribution in [0.25, 0.3) is 6.08 Å². The molecule has 2 N–H and O–H groups in total. The Hall–Kier alpha value is -1.36. The first kappa shape index (κ1) is 14.1. The predicted octanol–water partition coefficient (Wildman–Crippen LogP) is 1.23. The number of hydrogen-bond donors (Lipinski definition) is 2. The second-order valence-electron chi connectivity index (χ2n) is 4.72. The molecule has 5 heteroatoms. The van der Waals surface area contributed by atoms with Gasteiger partial charge in [-0.25, -0.2) is 0 Å². The van der Waals surface area contributed by atoms with Gasteiger partial charge < -0.3 is 15.1 Å². The summed E-state index contributed by atoms with van der Waals surface area (Å²) in [6.07, 6.45) is 1.38. The van der Waals surface area contributed by atoms with E-state index >= 15 is 0 Å². The lowest BCUT2D eigenvalue weighted by Gasteiger charge is -2.12. The van der Waals surface area contributed by atoms with E-state index in [4.69, 9.17) is 11.6 Å². The predicted molar refractivity (Wildman–Crippen MR) is 73.8 cm³/mol. The Balaban J connectivity index is 2.02. The van der Waals surface area contributed by atoms with Crippen LogP contribution in [0.4, 0.5) is 0 Å². The number of hydrogen-bond acceptors (Lipinski definition) is 3. The Morgan fingerprint density at radius 2 is 2.00 bits per heavy atom. The molecule has 0 bridgehead atoms. The Morgan fingerprint density at radius 1 is 1.37 bits per heavy atom. The van der Waals surface area contributed by atoms with Gasteiger partial charge in [0.2, 0.25) is 5.91 Å². The van der Waals surface area contributed by atoms with Crippen molar-refractivity contribution in [2.45, 2.75) is 19.1 Å². The molecule has 1 aromatic carbocycles. The number of halogens is 1. The van der Waals surface area contributed by atoms with Crippen molar-refractivity contribution in [1.82, 2.24) is 4.90 Å². The van der Waals surface area contributed by atoms with Crippen LogP contribution in [0.5, 0.6) is 0 Å². The van der Waals surface area contributed by atoms with Gasteiger partial charge in [-0.15, -0.1) is 0 Å². The third kappa shape index (κ3) is 3.35. The summed E-state index contributed by atoms with van der Waals surface area (Å²) in [6, 6.07) is 5.54. The second-order valence-corrected chi connectivity index (χ2v) is 5.13. The van der Waals surface area contributed by atoms with Crippen molar-refractivity contribution in [1.29, 1.82) is 0 Å². The van der Waals surface area contributed by atoms with Gasteiger partial charge in [0.05, 0.1) is 12.2 Å². The molecule has 1 heterocycles. The van der Waals surface area contributed by atoms with Gasteiger partial charge in [-0.1, -0.05) is 23.7 Å². The molecule has 0 saturated carbocycles. The first-order valence-electron chi connectivity index (χ1n) is 6.06. The van der Waals surface area contributed by atoms with Crippen LogP contribution >= 0.6 is 11.6 Å². The highest BCUT2D eigenvalue weighted by Gasteiger charge is 2.31. The number of amides is 1. The SMILES string of the molecule is Cc1ccc(/C=C/C(=O)N2CC(O)C(O)C2)cc1Cl. The number of β-amino-alcohol motifs (C(OH)–C–C–N with tert-alkyl or cyclic N) is 2. The molecule has 102 valence electrons. The van der Waals surface area contributed by atoms with Crippen LogP contribution in [0, 0.1) is 6.92 Å². The van der Waals surface area contributed by atoms with Crippen LogP contribution < -0.4 is 0 Å². The zero-order valence-corrected chi connectivity index (χ0v) is 11.3. The fraction of sp³-hybridized carbons (Fsp3) is 0.357. The first-order chi connectivity index (χ1) is 8.97. The summed E-state index contributed by atoms with van der Waals surface area (Å²) in [5.74, 6) is -0.229. The molecule has 0 spiro atoms. The quantitative estimate of drug-likeness (QED) is 0.802. The zero-order chi connectivity index (χ0) is 14.0. The van der Waals surface area contributed by atoms with E-state index in [0.717, 1.165) is 11.1 Å². The van der Waals surface area contributed by atoms with E-state index in [1.807, 2.05) is 19.1 Å². The van der Waals surface area contributed by atoms with Crippen molar-refractivity contribution in [2.24, 2.45) is 0 Å². The number of carbonyl (C=O) groups excluding carboxylic acids is 1. The van der Waals surface area contributed by atoms with Crippen molar-refractivity contribution in [3.05, 3.63) is 40.4 Å². The van der Waals surface area contributed by atoms with E-state index < -0.39 is 12.2 Å². The van der Waals surface area contributed by atoms with E-state index in [1.54, 1.807) is 12.1 Å². The number of likely N-dealkylation sites (tertiary alicyclic amines) is 1. The largest absolute Gasteiger partial charge is 0.388 e. The molecule has 1 aliphatic heterocycles. The van der Waals surface area contributed by atoms with Gasteiger partial charge in [0.1, 0.15) is 0 Å². The van der Waals surface area contributed by atoms with E-state index in [0.29, 0.717) is 5.02 Å². The monoisotopic (exact) mass is 281 g/mol. The maximum Gasteiger partial charge on any atom is 0.246 e. The molecule has 2 atom stereocenters. The molecule has 2 rings (SSSR count). The highest BCUT2D eigenvalue weighted by atomic mass is 35.5. The number of carbonyl (C=O) groups is 1. The van der Waals surface area contributed by atoms with Gasteiger partial charge in [0.25, 0.3) is 0 Å². The molecule has 0 radical (unpaired) electrons. The van der Waals surface area contributed by atoms with E-state index in [9.17, 15) is 15.0 Å². The van der Waals surface area contributed by atoms with Crippen LogP contribution in [0.2, 0.25) is 5.02 Å². The third-order valence-corrected chi connectivity index (χ3v) is 3.59. The van der Waals surface area contributed by atoms with Gasteiger partial charge in [-0.2, -0.15) is 0 Å². The Kier molecular flexibility index (Phi) is 4.24. The Labute approximate surface area is 116 Å². The molecule has 2 unspecified atom stereocenters. The summed E-state index contributed by atoms with van der Waals surface area (Å²) in [5, 5.41) is 19.4. The highest BCUT2D eigenvalue weighted by molar-refractivity contribution is 6.31. The molecular formula is C14H16ClNO3. The molecule has 1 saturated heterocycles. The van der Waals surface area contributed by atoms with Gasteiger partial charge in [-0.3, -0.25) is 4.79 Å². The molecule has 0 aromatic heterocycles. The molecule has 19 heavy (non-hydrogen) atoms. The lowest BCUT2D eigenvalue weighted by atomic mass is 10.1. The topological polar surface area (TPSA) is 60.8 Å². The van der Waals surface area contributed by atoms with Crippen LogP contribution in [0.3, 0.4) is 0 Å². The Bertz CT molecular complexity index is 505. The lowest BCUT2D eigenvalue weighted by molar-refractivity contribution is -0.125. The molecule has 1 aromatic rings. The van der Waals surface area contributed by atoms with Crippen molar-refractivity contribution in [3.8, 4) is 0 Å². The van der Waals surface area contributed by atoms with Gasteiger partial charge in [0.15, 0.2) is 0 Å². The van der Waals surface area contributed by atoms with Crippen LogP contribution in [-0.2, 0) is 4.79 Å². The summed E-state index contributed by atoms with van der Waals surface area (Å²) in [6.45, 7) is 2.24. The number of rotatable bonds is 2. The van der Waals surface area contributed by atoms with E-state index in [-0.39, 0.29) is 19.0 Å². The standard InChI is InChI=1S/C14H16ClNO3/c1-9-2-3-10(6-11(9)15)4-5-14(19)16-7-12(17)13(18)8-16/h2-6,12-13,17-18H,7-8H2,1H3/b5-4+. The summed E-state index contributed by atoms with van der Waals surface area (Å²) in [4.78, 5) is 13.3. The fourth-order valence-corrected chi connectivity index (χ4v) is 2.12. The minimum Gasteiger partial charge on any atom is -0.388 e. The normalized spacial score (nSPS) is 23.3. The summed E-state index contributed by atoms with van der Waals surface area (Å²) in [7, 11) is 0. The number of aryl methyl sites for hydroxylation is 1. The average molecular weight is 282 g/mol. The van der Waals surface area contributed by atoms with Crippen molar-refractivity contribution < 1.29 is 15.0 Å². The van der Waals surface area contributed by atoms with Gasteiger partial charge >= 0.3 is 0 Å². The number of aliphatic hydroxyl groups is 2. The number of nitrogens with zero attached hydrogens (tertiary/aromatic N) is 1. The number of aliphatic hydroxyl groups excluding tert-OH is 2. The van der Waals surface area contributed by atoms with E-state index in [2.05, 4.69) is 0 Å². The first-order valence-corrected chi connectivity index (χ1v) is 6.44. The Morgan fingerprint density at radius 3 is 2.58 bits per heavy atom. The molecular weight excluding hydrogens is 266 g/mol. The average Bonchev–Trinajstić information content (AvgIpc) is 2.71. The third-order valence-electron chi connectivity index (χ3n) is 3.18. The fourth-order valence-electron chi connectivity index (χ4n) is 1.94. The zero-order valence-electron chi connectivity index (χ0n) is 10.6. The molecule has 0 aliphatic carbocycles. The van der Waals surface area contributed by atoms with Crippen molar-refractivity contribution in [2.75, 3.05) is 13.1 Å². The van der Waals surface area contributed by atoms with Gasteiger partial charge in [0, 0.05) is 24.2 Å². The summed E-state index contributed by atoms with van der Waals surface area (Å²) in [5.41, 5.74) is 1.82.